The predicted molar refractivity (Wildman–Crippen MR) is 82.8 cm³/mol. The normalized spacial score (nSPS) is 21.0. The third-order valence-electron chi connectivity index (χ3n) is 4.08. The van der Waals surface area contributed by atoms with Gasteiger partial charge in [-0.25, -0.2) is 0 Å². The fourth-order valence-electron chi connectivity index (χ4n) is 2.93. The van der Waals surface area contributed by atoms with Crippen LogP contribution in [0.2, 0.25) is 0 Å². The van der Waals surface area contributed by atoms with E-state index in [1.54, 1.807) is 0 Å². The molecule has 0 spiro atoms. The topological polar surface area (TPSA) is 84.5 Å². The van der Waals surface area contributed by atoms with Crippen molar-refractivity contribution in [3.05, 3.63) is 12.3 Å². The second-order valence-corrected chi connectivity index (χ2v) is 6.35. The molecule has 0 aliphatic heterocycles. The molecule has 2 aliphatic carbocycles. The van der Waals surface area contributed by atoms with Crippen molar-refractivity contribution in [2.24, 2.45) is 28.5 Å². The molecule has 2 rings (SSSR count). The monoisotopic (exact) mass is 291 g/mol. The van der Waals surface area contributed by atoms with E-state index in [1.165, 1.54) is 38.0 Å². The maximum absolute atomic E-state index is 12.3. The van der Waals surface area contributed by atoms with Gasteiger partial charge >= 0.3 is 0 Å². The quantitative estimate of drug-likeness (QED) is 0.524. The van der Waals surface area contributed by atoms with Crippen LogP contribution in [0.4, 0.5) is 0 Å². The summed E-state index contributed by atoms with van der Waals surface area (Å²) >= 11 is 0. The molecule has 5 heteroatoms. The molecular weight excluding hydrogens is 266 g/mol. The van der Waals surface area contributed by atoms with Crippen LogP contribution in [0, 0.1) is 17.8 Å². The van der Waals surface area contributed by atoms with Crippen molar-refractivity contribution >= 4 is 17.9 Å². The van der Waals surface area contributed by atoms with E-state index in [1.807, 2.05) is 13.8 Å². The molecule has 0 aromatic heterocycles. The van der Waals surface area contributed by atoms with Crippen molar-refractivity contribution in [3.63, 3.8) is 0 Å². The Labute approximate surface area is 126 Å². The van der Waals surface area contributed by atoms with E-state index >= 15 is 0 Å². The van der Waals surface area contributed by atoms with Gasteiger partial charge < -0.3 is 15.8 Å². The maximum atomic E-state index is 12.3. The number of hydrogen-bond acceptors (Lipinski definition) is 4. The van der Waals surface area contributed by atoms with Crippen molar-refractivity contribution in [2.45, 2.75) is 51.6 Å². The molecule has 2 saturated carbocycles. The van der Waals surface area contributed by atoms with E-state index in [0.717, 1.165) is 6.29 Å². The summed E-state index contributed by atoms with van der Waals surface area (Å²) in [6.07, 6.45) is 8.39. The van der Waals surface area contributed by atoms with Crippen molar-refractivity contribution in [1.29, 1.82) is 0 Å². The zero-order valence-electron chi connectivity index (χ0n) is 12.8. The fraction of sp³-hybridized carbons (Fsp3) is 0.688. The molecule has 0 saturated heterocycles. The minimum absolute atomic E-state index is 0.000655. The summed E-state index contributed by atoms with van der Waals surface area (Å²) in [6, 6.07) is -0.402. The summed E-state index contributed by atoms with van der Waals surface area (Å²) in [5, 5.41) is 2.86. The van der Waals surface area contributed by atoms with Crippen molar-refractivity contribution in [1.82, 2.24) is 5.32 Å². The van der Waals surface area contributed by atoms with Crippen molar-refractivity contribution in [3.8, 4) is 0 Å². The first-order valence-corrected chi connectivity index (χ1v) is 7.79. The fourth-order valence-corrected chi connectivity index (χ4v) is 2.93. The van der Waals surface area contributed by atoms with Crippen LogP contribution in [-0.4, -0.2) is 30.0 Å². The highest BCUT2D eigenvalue weighted by atomic mass is 16.2. The van der Waals surface area contributed by atoms with E-state index in [2.05, 4.69) is 10.3 Å². The molecular formula is C16H25N3O2. The van der Waals surface area contributed by atoms with Crippen LogP contribution in [0.1, 0.15) is 39.5 Å². The number of nitrogens with zero attached hydrogens (tertiary/aromatic N) is 1. The van der Waals surface area contributed by atoms with E-state index in [4.69, 9.17) is 5.73 Å². The second kappa shape index (κ2) is 6.87. The zero-order valence-corrected chi connectivity index (χ0v) is 12.8. The molecule has 1 atom stereocenters. The summed E-state index contributed by atoms with van der Waals surface area (Å²) < 4.78 is 0. The van der Waals surface area contributed by atoms with E-state index in [0.29, 0.717) is 17.8 Å². The maximum Gasteiger partial charge on any atom is 0.270 e. The Balaban J connectivity index is 2.05. The number of aldehydes is 1. The number of aliphatic imine (C=N–C) groups is 1. The van der Waals surface area contributed by atoms with Gasteiger partial charge in [-0.3, -0.25) is 9.79 Å². The molecule has 1 unspecified atom stereocenters. The number of hydrogen-bond donors (Lipinski definition) is 2. The molecule has 2 fully saturated rings. The zero-order chi connectivity index (χ0) is 15.4. The molecule has 0 radical (unpaired) electrons. The summed E-state index contributed by atoms with van der Waals surface area (Å²) in [6.45, 7) is 3.79. The van der Waals surface area contributed by atoms with Crippen LogP contribution >= 0.6 is 0 Å². The second-order valence-electron chi connectivity index (χ2n) is 6.35. The van der Waals surface area contributed by atoms with Crippen LogP contribution in [-0.2, 0) is 9.59 Å². The Bertz CT molecular complexity index is 436. The van der Waals surface area contributed by atoms with Crippen molar-refractivity contribution in [2.75, 3.05) is 0 Å². The highest BCUT2D eigenvalue weighted by Crippen LogP contribution is 2.50. The Kier molecular flexibility index (Phi) is 5.15. The third kappa shape index (κ3) is 4.41. The Morgan fingerprint density at radius 3 is 2.19 bits per heavy atom. The first-order valence-electron chi connectivity index (χ1n) is 7.79. The first-order chi connectivity index (χ1) is 10.1. The highest BCUT2D eigenvalue weighted by Gasteiger charge is 2.46. The molecule has 5 nitrogen and oxygen atoms in total. The van der Waals surface area contributed by atoms with Gasteiger partial charge in [0, 0.05) is 6.04 Å². The van der Waals surface area contributed by atoms with Gasteiger partial charge in [0.05, 0.1) is 6.04 Å². The Morgan fingerprint density at radius 2 is 1.81 bits per heavy atom. The SMILES string of the molecule is CC(C)N=C(C=CN)C(=O)NC(C=O)C(C1CC1)C1CC1. The van der Waals surface area contributed by atoms with E-state index in [-0.39, 0.29) is 17.7 Å². The lowest BCUT2D eigenvalue weighted by Crippen LogP contribution is -2.45. The average molecular weight is 291 g/mol. The molecule has 0 bridgehead atoms. The van der Waals surface area contributed by atoms with Crippen LogP contribution < -0.4 is 11.1 Å². The minimum atomic E-state index is -0.402. The number of amides is 1. The average Bonchev–Trinajstić information content (AvgIpc) is 3.30. The number of carbonyl (C=O) groups is 2. The number of nitrogens with one attached hydrogen (secondary N) is 1. The summed E-state index contributed by atoms with van der Waals surface area (Å²) in [5.41, 5.74) is 5.65. The molecule has 1 amide bonds. The number of nitrogens with two attached hydrogens (primary N) is 1. The van der Waals surface area contributed by atoms with Gasteiger partial charge in [-0.2, -0.15) is 0 Å². The molecule has 116 valence electrons. The Hall–Kier alpha value is -1.65. The molecule has 2 aliphatic rings. The van der Waals surface area contributed by atoms with Gasteiger partial charge in [0.25, 0.3) is 5.91 Å². The molecule has 21 heavy (non-hydrogen) atoms. The van der Waals surface area contributed by atoms with Gasteiger partial charge in [-0.15, -0.1) is 0 Å². The van der Waals surface area contributed by atoms with Gasteiger partial charge in [-0.1, -0.05) is 0 Å². The summed E-state index contributed by atoms with van der Waals surface area (Å²) in [7, 11) is 0. The lowest BCUT2D eigenvalue weighted by Gasteiger charge is -2.23. The van der Waals surface area contributed by atoms with E-state index in [9.17, 15) is 9.59 Å². The van der Waals surface area contributed by atoms with Crippen LogP contribution in [0.15, 0.2) is 17.3 Å². The lowest BCUT2D eigenvalue weighted by atomic mass is 9.90. The van der Waals surface area contributed by atoms with Gasteiger partial charge in [0.2, 0.25) is 0 Å². The van der Waals surface area contributed by atoms with Gasteiger partial charge in [0.15, 0.2) is 0 Å². The standard InChI is InChI=1S/C16H25N3O2/c1-10(2)18-13(7-8-17)16(21)19-14(9-20)15(11-3-4-11)12-5-6-12/h7-12,14-15H,3-6,17H2,1-2H3,(H,19,21). The lowest BCUT2D eigenvalue weighted by molar-refractivity contribution is -0.120. The van der Waals surface area contributed by atoms with E-state index < -0.39 is 6.04 Å². The smallest absolute Gasteiger partial charge is 0.270 e. The molecule has 0 heterocycles. The summed E-state index contributed by atoms with van der Waals surface area (Å²) in [5.74, 6) is 1.19. The number of rotatable bonds is 8. The molecule has 3 N–H and O–H groups in total. The van der Waals surface area contributed by atoms with Gasteiger partial charge in [0.1, 0.15) is 12.0 Å². The van der Waals surface area contributed by atoms with Crippen LogP contribution in [0.5, 0.6) is 0 Å². The summed E-state index contributed by atoms with van der Waals surface area (Å²) in [4.78, 5) is 28.0. The van der Waals surface area contributed by atoms with Crippen LogP contribution in [0.25, 0.3) is 0 Å². The number of carbonyl (C=O) groups excluding carboxylic acids is 2. The molecule has 0 aromatic carbocycles. The highest BCUT2D eigenvalue weighted by molar-refractivity contribution is 6.43. The first kappa shape index (κ1) is 15.7. The minimum Gasteiger partial charge on any atom is -0.405 e. The third-order valence-corrected chi connectivity index (χ3v) is 4.08. The largest absolute Gasteiger partial charge is 0.405 e. The predicted octanol–water partition coefficient (Wildman–Crippen LogP) is 1.43. The molecule has 0 aromatic rings. The van der Waals surface area contributed by atoms with Gasteiger partial charge in [-0.05, 0) is 69.6 Å². The van der Waals surface area contributed by atoms with Crippen LogP contribution in [0.3, 0.4) is 0 Å². The Morgan fingerprint density at radius 1 is 1.24 bits per heavy atom. The van der Waals surface area contributed by atoms with Crippen molar-refractivity contribution < 1.29 is 9.59 Å².